The summed E-state index contributed by atoms with van der Waals surface area (Å²) < 4.78 is 1.91. The van der Waals surface area contributed by atoms with Crippen LogP contribution < -0.4 is 5.32 Å². The van der Waals surface area contributed by atoms with Gasteiger partial charge in [-0.25, -0.2) is 0 Å². The molecule has 0 radical (unpaired) electrons. The molecule has 0 bridgehead atoms. The second-order valence-corrected chi connectivity index (χ2v) is 7.02. The zero-order valence-corrected chi connectivity index (χ0v) is 16.2. The molecule has 3 rings (SSSR count). The average molecular weight is 379 g/mol. The van der Waals surface area contributed by atoms with Crippen LogP contribution in [0.3, 0.4) is 0 Å². The normalized spacial score (nSPS) is 10.6. The average Bonchev–Trinajstić information content (AvgIpc) is 3.06. The molecule has 0 aliphatic carbocycles. The summed E-state index contributed by atoms with van der Waals surface area (Å²) in [5.41, 5.74) is 3.77. The van der Waals surface area contributed by atoms with E-state index in [4.69, 9.17) is 0 Å². The molecule has 2 heterocycles. The van der Waals surface area contributed by atoms with E-state index in [0.29, 0.717) is 17.5 Å². The van der Waals surface area contributed by atoms with Crippen LogP contribution in [0.15, 0.2) is 60.4 Å². The van der Waals surface area contributed by atoms with E-state index in [1.54, 1.807) is 12.3 Å². The number of anilines is 1. The Kier molecular flexibility index (Phi) is 6.03. The molecule has 0 saturated heterocycles. The number of nitrogens with zero attached hydrogens (tertiary/aromatic N) is 4. The number of amides is 1. The summed E-state index contributed by atoms with van der Waals surface area (Å²) >= 11 is 1.34. The molecule has 0 saturated carbocycles. The Labute approximate surface area is 162 Å². The molecule has 0 unspecified atom stereocenters. The summed E-state index contributed by atoms with van der Waals surface area (Å²) in [6.07, 6.45) is 3.49. The second kappa shape index (κ2) is 8.64. The summed E-state index contributed by atoms with van der Waals surface area (Å²) in [6, 6.07) is 11.6. The highest BCUT2D eigenvalue weighted by Crippen LogP contribution is 2.23. The fourth-order valence-corrected chi connectivity index (χ4v) is 3.39. The quantitative estimate of drug-likeness (QED) is 0.498. The van der Waals surface area contributed by atoms with Crippen molar-refractivity contribution in [2.45, 2.75) is 25.5 Å². The largest absolute Gasteiger partial charge is 0.325 e. The fraction of sp³-hybridized carbons (Fsp3) is 0.200. The highest BCUT2D eigenvalue weighted by Gasteiger charge is 2.15. The van der Waals surface area contributed by atoms with E-state index in [0.717, 1.165) is 16.9 Å². The van der Waals surface area contributed by atoms with Crippen LogP contribution in [0.5, 0.6) is 0 Å². The van der Waals surface area contributed by atoms with E-state index in [-0.39, 0.29) is 11.7 Å². The van der Waals surface area contributed by atoms with Crippen LogP contribution in [0, 0.1) is 13.8 Å². The number of hydrogen-bond donors (Lipinski definition) is 1. The van der Waals surface area contributed by atoms with Gasteiger partial charge in [-0.05, 0) is 37.6 Å². The third-order valence-corrected chi connectivity index (χ3v) is 4.88. The maximum atomic E-state index is 12.3. The van der Waals surface area contributed by atoms with Gasteiger partial charge in [0.05, 0.1) is 5.75 Å². The summed E-state index contributed by atoms with van der Waals surface area (Å²) in [4.78, 5) is 16.7. The molecule has 0 atom stereocenters. The third-order valence-electron chi connectivity index (χ3n) is 3.91. The lowest BCUT2D eigenvalue weighted by atomic mass is 10.1. The van der Waals surface area contributed by atoms with Crippen LogP contribution in [0.25, 0.3) is 11.5 Å². The Morgan fingerprint density at radius 3 is 2.81 bits per heavy atom. The van der Waals surface area contributed by atoms with Crippen LogP contribution in [-0.2, 0) is 11.3 Å². The highest BCUT2D eigenvalue weighted by atomic mass is 32.2. The van der Waals surface area contributed by atoms with Crippen molar-refractivity contribution in [3.63, 3.8) is 0 Å². The number of nitrogens with one attached hydrogen (secondary N) is 1. The first-order valence-corrected chi connectivity index (χ1v) is 9.52. The minimum Gasteiger partial charge on any atom is -0.325 e. The molecule has 6 nitrogen and oxygen atoms in total. The number of thioether (sulfide) groups is 1. The summed E-state index contributed by atoms with van der Waals surface area (Å²) in [6.45, 7) is 8.35. The Bertz CT molecular complexity index is 952. The van der Waals surface area contributed by atoms with Gasteiger partial charge in [0, 0.05) is 18.4 Å². The van der Waals surface area contributed by atoms with E-state index in [1.165, 1.54) is 17.3 Å². The topological polar surface area (TPSA) is 72.7 Å². The van der Waals surface area contributed by atoms with Gasteiger partial charge in [0.25, 0.3) is 0 Å². The number of benzene rings is 1. The Balaban J connectivity index is 1.71. The van der Waals surface area contributed by atoms with E-state index in [1.807, 2.05) is 54.8 Å². The maximum absolute atomic E-state index is 12.3. The number of carbonyl (C=O) groups excluding carboxylic acids is 1. The molecule has 138 valence electrons. The SMILES string of the molecule is C=CCn1c(SCC(=O)Nc2ccc(C)cc2C)nnc1-c1ccccn1. The number of rotatable bonds is 7. The Morgan fingerprint density at radius 1 is 1.26 bits per heavy atom. The van der Waals surface area contributed by atoms with Crippen molar-refractivity contribution in [2.75, 3.05) is 11.1 Å². The van der Waals surface area contributed by atoms with Crippen LogP contribution in [0.1, 0.15) is 11.1 Å². The van der Waals surface area contributed by atoms with Gasteiger partial charge in [-0.3, -0.25) is 14.3 Å². The van der Waals surface area contributed by atoms with E-state index in [2.05, 4.69) is 27.1 Å². The van der Waals surface area contributed by atoms with Gasteiger partial charge in [0.15, 0.2) is 11.0 Å². The fourth-order valence-electron chi connectivity index (χ4n) is 2.64. The van der Waals surface area contributed by atoms with Gasteiger partial charge < -0.3 is 5.32 Å². The molecule has 0 spiro atoms. The monoisotopic (exact) mass is 379 g/mol. The van der Waals surface area contributed by atoms with Crippen molar-refractivity contribution < 1.29 is 4.79 Å². The van der Waals surface area contributed by atoms with Gasteiger partial charge in [0.2, 0.25) is 5.91 Å². The summed E-state index contributed by atoms with van der Waals surface area (Å²) in [7, 11) is 0. The minimum atomic E-state index is -0.0838. The lowest BCUT2D eigenvalue weighted by Gasteiger charge is -2.10. The zero-order valence-electron chi connectivity index (χ0n) is 15.3. The molecule has 0 aliphatic heterocycles. The van der Waals surface area contributed by atoms with Crippen molar-refractivity contribution in [2.24, 2.45) is 0 Å². The van der Waals surface area contributed by atoms with Gasteiger partial charge in [0.1, 0.15) is 5.69 Å². The molecule has 1 aromatic carbocycles. The van der Waals surface area contributed by atoms with Crippen molar-refractivity contribution in [1.29, 1.82) is 0 Å². The Morgan fingerprint density at radius 2 is 2.11 bits per heavy atom. The molecule has 1 amide bonds. The molecule has 1 N–H and O–H groups in total. The molecule has 3 aromatic rings. The van der Waals surface area contributed by atoms with Crippen molar-refractivity contribution in [3.05, 3.63) is 66.4 Å². The zero-order chi connectivity index (χ0) is 19.2. The molecule has 0 aliphatic rings. The number of pyridine rings is 1. The summed E-state index contributed by atoms with van der Waals surface area (Å²) in [5, 5.41) is 12.1. The first-order chi connectivity index (χ1) is 13.1. The maximum Gasteiger partial charge on any atom is 0.234 e. The first kappa shape index (κ1) is 18.8. The number of carbonyl (C=O) groups is 1. The smallest absolute Gasteiger partial charge is 0.234 e. The van der Waals surface area contributed by atoms with Gasteiger partial charge in [-0.2, -0.15) is 0 Å². The van der Waals surface area contributed by atoms with Gasteiger partial charge in [-0.15, -0.1) is 16.8 Å². The Hall–Kier alpha value is -2.93. The molecule has 7 heteroatoms. The van der Waals surface area contributed by atoms with Crippen LogP contribution in [0.4, 0.5) is 5.69 Å². The van der Waals surface area contributed by atoms with Gasteiger partial charge in [-0.1, -0.05) is 41.6 Å². The lowest BCUT2D eigenvalue weighted by molar-refractivity contribution is -0.113. The van der Waals surface area contributed by atoms with Crippen LogP contribution in [-0.4, -0.2) is 31.4 Å². The molecule has 0 fully saturated rings. The number of aromatic nitrogens is 4. The predicted octanol–water partition coefficient (Wildman–Crippen LogP) is 3.87. The standard InChI is InChI=1S/C20H21N5OS/c1-4-11-25-19(17-7-5-6-10-21-17)23-24-20(25)27-13-18(26)22-16-9-8-14(2)12-15(16)3/h4-10,12H,1,11,13H2,2-3H3,(H,22,26). The molecular formula is C20H21N5OS. The molecular weight excluding hydrogens is 358 g/mol. The lowest BCUT2D eigenvalue weighted by Crippen LogP contribution is -2.15. The predicted molar refractivity (Wildman–Crippen MR) is 109 cm³/mol. The van der Waals surface area contributed by atoms with E-state index in [9.17, 15) is 4.79 Å². The third kappa shape index (κ3) is 4.62. The van der Waals surface area contributed by atoms with Crippen LogP contribution >= 0.6 is 11.8 Å². The number of hydrogen-bond acceptors (Lipinski definition) is 5. The van der Waals surface area contributed by atoms with Gasteiger partial charge >= 0.3 is 0 Å². The molecule has 27 heavy (non-hydrogen) atoms. The highest BCUT2D eigenvalue weighted by molar-refractivity contribution is 7.99. The molecule has 2 aromatic heterocycles. The number of allylic oxidation sites excluding steroid dienone is 1. The minimum absolute atomic E-state index is 0.0838. The second-order valence-electron chi connectivity index (χ2n) is 6.08. The van der Waals surface area contributed by atoms with E-state index >= 15 is 0 Å². The van der Waals surface area contributed by atoms with Crippen molar-refractivity contribution >= 4 is 23.4 Å². The van der Waals surface area contributed by atoms with E-state index < -0.39 is 0 Å². The van der Waals surface area contributed by atoms with Crippen molar-refractivity contribution in [3.8, 4) is 11.5 Å². The van der Waals surface area contributed by atoms with Crippen LogP contribution in [0.2, 0.25) is 0 Å². The first-order valence-electron chi connectivity index (χ1n) is 8.54. The number of aryl methyl sites for hydroxylation is 2. The summed E-state index contributed by atoms with van der Waals surface area (Å²) in [5.74, 6) is 0.817. The van der Waals surface area contributed by atoms with Crippen molar-refractivity contribution in [1.82, 2.24) is 19.7 Å².